The maximum Gasteiger partial charge on any atom is 0.331 e. The molecule has 0 saturated carbocycles. The van der Waals surface area contributed by atoms with Crippen molar-refractivity contribution in [2.45, 2.75) is 53.1 Å². The molecule has 0 radical (unpaired) electrons. The second kappa shape index (κ2) is 9.23. The molecule has 0 aliphatic carbocycles. The third-order valence-electron chi connectivity index (χ3n) is 2.73. The summed E-state index contributed by atoms with van der Waals surface area (Å²) in [7, 11) is 0. The summed E-state index contributed by atoms with van der Waals surface area (Å²) in [6.07, 6.45) is 5.00. The van der Waals surface area contributed by atoms with Gasteiger partial charge in [-0.3, -0.25) is 0 Å². The van der Waals surface area contributed by atoms with Crippen molar-refractivity contribution >= 4 is 12.0 Å². The van der Waals surface area contributed by atoms with Crippen molar-refractivity contribution < 1.29 is 19.0 Å². The highest BCUT2D eigenvalue weighted by molar-refractivity contribution is 5.87. The minimum atomic E-state index is -0.499. The van der Waals surface area contributed by atoms with E-state index in [4.69, 9.17) is 14.2 Å². The summed E-state index contributed by atoms with van der Waals surface area (Å²) in [6.45, 7) is 10.9. The zero-order valence-electron chi connectivity index (χ0n) is 14.8. The molecule has 4 heteroatoms. The highest BCUT2D eigenvalue weighted by atomic mass is 16.6. The third-order valence-corrected chi connectivity index (χ3v) is 2.73. The molecule has 0 aliphatic heterocycles. The van der Waals surface area contributed by atoms with Gasteiger partial charge in [0.05, 0.1) is 13.2 Å². The number of carbonyl (C=O) groups excluding carboxylic acids is 1. The first-order valence-corrected chi connectivity index (χ1v) is 8.16. The Hall–Kier alpha value is -1.97. The van der Waals surface area contributed by atoms with Crippen LogP contribution in [-0.4, -0.2) is 24.8 Å². The third kappa shape index (κ3) is 7.73. The normalized spacial score (nSPS) is 11.5. The Morgan fingerprint density at radius 2 is 1.74 bits per heavy atom. The molecule has 0 fully saturated rings. The lowest BCUT2D eigenvalue weighted by Crippen LogP contribution is -2.22. The van der Waals surface area contributed by atoms with Crippen LogP contribution in [0.25, 0.3) is 6.08 Å². The molecule has 0 aromatic heterocycles. The minimum absolute atomic E-state index is 0.370. The molecule has 0 spiro atoms. The van der Waals surface area contributed by atoms with Crippen molar-refractivity contribution in [2.75, 3.05) is 13.2 Å². The second-order valence-corrected chi connectivity index (χ2v) is 6.26. The van der Waals surface area contributed by atoms with Crippen LogP contribution in [0.3, 0.4) is 0 Å². The molecule has 0 saturated heterocycles. The van der Waals surface area contributed by atoms with E-state index in [-0.39, 0.29) is 5.97 Å². The van der Waals surface area contributed by atoms with Crippen LogP contribution in [0.1, 0.15) is 53.0 Å². The molecule has 0 unspecified atom stereocenters. The highest BCUT2D eigenvalue weighted by Crippen LogP contribution is 2.26. The Labute approximate surface area is 139 Å². The van der Waals surface area contributed by atoms with Gasteiger partial charge in [0, 0.05) is 17.7 Å². The van der Waals surface area contributed by atoms with Gasteiger partial charge in [-0.05, 0) is 51.8 Å². The monoisotopic (exact) mass is 320 g/mol. The number of carbonyl (C=O) groups is 1. The number of rotatable bonds is 8. The van der Waals surface area contributed by atoms with Crippen LogP contribution in [0.2, 0.25) is 0 Å². The maximum atomic E-state index is 11.8. The maximum absolute atomic E-state index is 11.8. The van der Waals surface area contributed by atoms with Gasteiger partial charge < -0.3 is 14.2 Å². The molecule has 1 aromatic rings. The molecule has 1 aromatic carbocycles. The van der Waals surface area contributed by atoms with E-state index in [0.29, 0.717) is 19.0 Å². The molecular weight excluding hydrogens is 292 g/mol. The molecule has 0 aliphatic rings. The smallest absolute Gasteiger partial charge is 0.331 e. The van der Waals surface area contributed by atoms with Crippen LogP contribution in [0.5, 0.6) is 11.5 Å². The summed E-state index contributed by atoms with van der Waals surface area (Å²) in [5, 5.41) is 0. The van der Waals surface area contributed by atoms with Crippen molar-refractivity contribution in [3.63, 3.8) is 0 Å². The predicted octanol–water partition coefficient (Wildman–Crippen LogP) is 4.62. The SMILES string of the molecule is CCCOc1ccc(C=CC(=O)OC(C)(C)C)c(OCCC)c1. The van der Waals surface area contributed by atoms with Gasteiger partial charge in [0.1, 0.15) is 17.1 Å². The Morgan fingerprint density at radius 3 is 2.35 bits per heavy atom. The number of ether oxygens (including phenoxy) is 3. The lowest BCUT2D eigenvalue weighted by atomic mass is 10.1. The molecule has 0 N–H and O–H groups in total. The van der Waals surface area contributed by atoms with Crippen molar-refractivity contribution in [1.29, 1.82) is 0 Å². The van der Waals surface area contributed by atoms with Gasteiger partial charge in [-0.15, -0.1) is 0 Å². The van der Waals surface area contributed by atoms with E-state index in [0.717, 1.165) is 24.2 Å². The van der Waals surface area contributed by atoms with Crippen LogP contribution in [0.15, 0.2) is 24.3 Å². The fraction of sp³-hybridized carbons (Fsp3) is 0.526. The van der Waals surface area contributed by atoms with Gasteiger partial charge in [0.25, 0.3) is 0 Å². The summed E-state index contributed by atoms with van der Waals surface area (Å²) in [5.74, 6) is 1.11. The first-order chi connectivity index (χ1) is 10.9. The molecule has 0 amide bonds. The van der Waals surface area contributed by atoms with Gasteiger partial charge in [0.15, 0.2) is 0 Å². The summed E-state index contributed by atoms with van der Waals surface area (Å²) < 4.78 is 16.6. The molecule has 0 bridgehead atoms. The fourth-order valence-corrected chi connectivity index (χ4v) is 1.79. The lowest BCUT2D eigenvalue weighted by Gasteiger charge is -2.18. The van der Waals surface area contributed by atoms with Crippen molar-refractivity contribution in [3.05, 3.63) is 29.8 Å². The second-order valence-electron chi connectivity index (χ2n) is 6.26. The van der Waals surface area contributed by atoms with E-state index in [1.54, 1.807) is 6.08 Å². The standard InChI is InChI=1S/C19H28O4/c1-6-12-21-16-10-8-15(17(14-16)22-13-7-2)9-11-18(20)23-19(3,4)5/h8-11,14H,6-7,12-13H2,1-5H3. The van der Waals surface area contributed by atoms with E-state index in [9.17, 15) is 4.79 Å². The number of benzene rings is 1. The van der Waals surface area contributed by atoms with E-state index in [2.05, 4.69) is 6.92 Å². The van der Waals surface area contributed by atoms with Crippen LogP contribution in [0, 0.1) is 0 Å². The topological polar surface area (TPSA) is 44.8 Å². The molecule has 0 heterocycles. The zero-order valence-corrected chi connectivity index (χ0v) is 14.8. The van der Waals surface area contributed by atoms with Gasteiger partial charge in [-0.1, -0.05) is 13.8 Å². The number of hydrogen-bond donors (Lipinski definition) is 0. The Bertz CT molecular complexity index is 527. The van der Waals surface area contributed by atoms with Gasteiger partial charge in [0.2, 0.25) is 0 Å². The predicted molar refractivity (Wildman–Crippen MR) is 92.9 cm³/mol. The lowest BCUT2D eigenvalue weighted by molar-refractivity contribution is -0.148. The molecular formula is C19H28O4. The molecule has 4 nitrogen and oxygen atoms in total. The van der Waals surface area contributed by atoms with Gasteiger partial charge in [-0.25, -0.2) is 4.79 Å². The van der Waals surface area contributed by atoms with Crippen LogP contribution in [0.4, 0.5) is 0 Å². The Kier molecular flexibility index (Phi) is 7.66. The van der Waals surface area contributed by atoms with E-state index < -0.39 is 5.60 Å². The average Bonchev–Trinajstić information content (AvgIpc) is 2.47. The van der Waals surface area contributed by atoms with E-state index in [1.807, 2.05) is 45.9 Å². The molecule has 128 valence electrons. The number of esters is 1. The first kappa shape index (κ1) is 19.1. The van der Waals surface area contributed by atoms with Gasteiger partial charge >= 0.3 is 5.97 Å². The average molecular weight is 320 g/mol. The number of hydrogen-bond acceptors (Lipinski definition) is 4. The first-order valence-electron chi connectivity index (χ1n) is 8.16. The van der Waals surface area contributed by atoms with Crippen LogP contribution >= 0.6 is 0 Å². The minimum Gasteiger partial charge on any atom is -0.493 e. The summed E-state index contributed by atoms with van der Waals surface area (Å²) in [4.78, 5) is 11.8. The van der Waals surface area contributed by atoms with Crippen molar-refractivity contribution in [1.82, 2.24) is 0 Å². The zero-order chi connectivity index (χ0) is 17.3. The molecule has 0 atom stereocenters. The molecule has 23 heavy (non-hydrogen) atoms. The van der Waals surface area contributed by atoms with E-state index >= 15 is 0 Å². The van der Waals surface area contributed by atoms with Crippen LogP contribution < -0.4 is 9.47 Å². The summed E-state index contributed by atoms with van der Waals surface area (Å²) in [6, 6.07) is 5.63. The Morgan fingerprint density at radius 1 is 1.09 bits per heavy atom. The summed E-state index contributed by atoms with van der Waals surface area (Å²) in [5.41, 5.74) is 0.328. The quantitative estimate of drug-likeness (QED) is 0.518. The van der Waals surface area contributed by atoms with Crippen molar-refractivity contribution in [2.24, 2.45) is 0 Å². The fourth-order valence-electron chi connectivity index (χ4n) is 1.79. The van der Waals surface area contributed by atoms with Crippen LogP contribution in [-0.2, 0) is 9.53 Å². The Balaban J connectivity index is 2.88. The highest BCUT2D eigenvalue weighted by Gasteiger charge is 2.14. The van der Waals surface area contributed by atoms with E-state index in [1.165, 1.54) is 6.08 Å². The largest absolute Gasteiger partial charge is 0.493 e. The summed E-state index contributed by atoms with van der Waals surface area (Å²) >= 11 is 0. The van der Waals surface area contributed by atoms with Crippen molar-refractivity contribution in [3.8, 4) is 11.5 Å². The van der Waals surface area contributed by atoms with Gasteiger partial charge in [-0.2, -0.15) is 0 Å². The molecule has 1 rings (SSSR count).